The zero-order valence-electron chi connectivity index (χ0n) is 16.3. The number of carbonyl (C=O) groups is 1. The second-order valence-electron chi connectivity index (χ2n) is 7.55. The Morgan fingerprint density at radius 1 is 1.07 bits per heavy atom. The summed E-state index contributed by atoms with van der Waals surface area (Å²) in [5.74, 6) is 1.31. The van der Waals surface area contributed by atoms with Gasteiger partial charge in [0.25, 0.3) is 0 Å². The summed E-state index contributed by atoms with van der Waals surface area (Å²) >= 11 is 6.00. The number of anilines is 1. The van der Waals surface area contributed by atoms with E-state index in [-0.39, 0.29) is 11.8 Å². The number of rotatable bonds is 7. The van der Waals surface area contributed by atoms with Gasteiger partial charge >= 0.3 is 0 Å². The van der Waals surface area contributed by atoms with E-state index in [4.69, 9.17) is 16.6 Å². The van der Waals surface area contributed by atoms with Gasteiger partial charge in [-0.05, 0) is 42.8 Å². The molecule has 1 saturated heterocycles. The van der Waals surface area contributed by atoms with Crippen LogP contribution in [-0.4, -0.2) is 22.0 Å². The molecule has 1 atom stereocenters. The highest BCUT2D eigenvalue weighted by molar-refractivity contribution is 6.30. The van der Waals surface area contributed by atoms with Gasteiger partial charge in [-0.1, -0.05) is 49.9 Å². The van der Waals surface area contributed by atoms with Crippen molar-refractivity contribution in [3.8, 4) is 0 Å². The van der Waals surface area contributed by atoms with Crippen molar-refractivity contribution in [2.75, 3.05) is 11.4 Å². The summed E-state index contributed by atoms with van der Waals surface area (Å²) < 4.78 is 2.34. The summed E-state index contributed by atoms with van der Waals surface area (Å²) in [7, 11) is 0. The molecule has 4 nitrogen and oxygen atoms in total. The van der Waals surface area contributed by atoms with Crippen molar-refractivity contribution in [2.24, 2.45) is 0 Å². The molecule has 1 aliphatic rings. The average molecular weight is 396 g/mol. The minimum absolute atomic E-state index is 0.113. The van der Waals surface area contributed by atoms with Crippen molar-refractivity contribution in [3.63, 3.8) is 0 Å². The zero-order valence-corrected chi connectivity index (χ0v) is 17.0. The fourth-order valence-electron chi connectivity index (χ4n) is 4.09. The Hall–Kier alpha value is -2.33. The van der Waals surface area contributed by atoms with Gasteiger partial charge in [-0.25, -0.2) is 4.98 Å². The Kier molecular flexibility index (Phi) is 5.67. The summed E-state index contributed by atoms with van der Waals surface area (Å²) in [6.07, 6.45) is 5.35. The third kappa shape index (κ3) is 3.79. The monoisotopic (exact) mass is 395 g/mol. The van der Waals surface area contributed by atoms with Crippen LogP contribution >= 0.6 is 11.6 Å². The predicted octanol–water partition coefficient (Wildman–Crippen LogP) is 5.79. The molecule has 0 N–H and O–H groups in total. The lowest BCUT2D eigenvalue weighted by Crippen LogP contribution is -2.24. The van der Waals surface area contributed by atoms with E-state index in [0.29, 0.717) is 18.0 Å². The van der Waals surface area contributed by atoms with Crippen molar-refractivity contribution in [1.82, 2.24) is 9.55 Å². The minimum Gasteiger partial charge on any atom is -0.328 e. The van der Waals surface area contributed by atoms with Gasteiger partial charge in [0, 0.05) is 36.1 Å². The molecular weight excluding hydrogens is 370 g/mol. The molecule has 1 aromatic heterocycles. The van der Waals surface area contributed by atoms with E-state index in [0.717, 1.165) is 30.0 Å². The van der Waals surface area contributed by atoms with Crippen LogP contribution in [0.3, 0.4) is 0 Å². The van der Waals surface area contributed by atoms with E-state index in [1.165, 1.54) is 24.8 Å². The van der Waals surface area contributed by atoms with Gasteiger partial charge in [0.1, 0.15) is 5.82 Å². The van der Waals surface area contributed by atoms with E-state index < -0.39 is 0 Å². The van der Waals surface area contributed by atoms with Crippen molar-refractivity contribution in [3.05, 3.63) is 59.4 Å². The normalized spacial score (nSPS) is 17.0. The van der Waals surface area contributed by atoms with Crippen molar-refractivity contribution in [2.45, 2.75) is 51.5 Å². The number of halogens is 1. The minimum atomic E-state index is 0.113. The predicted molar refractivity (Wildman–Crippen MR) is 115 cm³/mol. The van der Waals surface area contributed by atoms with Crippen LogP contribution in [0.2, 0.25) is 5.02 Å². The molecule has 0 bridgehead atoms. The lowest BCUT2D eigenvalue weighted by molar-refractivity contribution is -0.117. The maximum Gasteiger partial charge on any atom is 0.227 e. The number of aryl methyl sites for hydroxylation is 1. The number of aromatic nitrogens is 2. The molecule has 146 valence electrons. The average Bonchev–Trinajstić information content (AvgIpc) is 3.27. The first-order chi connectivity index (χ1) is 13.7. The van der Waals surface area contributed by atoms with Gasteiger partial charge in [0.15, 0.2) is 0 Å². The highest BCUT2D eigenvalue weighted by Gasteiger charge is 2.34. The summed E-state index contributed by atoms with van der Waals surface area (Å²) in [6, 6.07) is 15.8. The lowest BCUT2D eigenvalue weighted by atomic mass is 10.1. The van der Waals surface area contributed by atoms with E-state index in [1.807, 2.05) is 35.2 Å². The maximum absolute atomic E-state index is 12.7. The number of unbranched alkanes of at least 4 members (excludes halogenated alkanes) is 3. The summed E-state index contributed by atoms with van der Waals surface area (Å²) in [6.45, 7) is 3.85. The molecule has 0 saturated carbocycles. The van der Waals surface area contributed by atoms with Crippen LogP contribution < -0.4 is 4.90 Å². The number of imidazole rings is 1. The summed E-state index contributed by atoms with van der Waals surface area (Å²) in [4.78, 5) is 19.5. The van der Waals surface area contributed by atoms with Crippen LogP contribution in [0.1, 0.15) is 50.8 Å². The molecule has 2 aromatic carbocycles. The standard InChI is InChI=1S/C23H26ClN3O/c1-2-3-4-7-14-26-21-9-6-5-8-20(21)25-23(26)17-15-22(28)27(16-17)19-12-10-18(24)11-13-19/h5-6,8-13,17H,2-4,7,14-16H2,1H3/t17-/m0/s1. The van der Waals surface area contributed by atoms with E-state index >= 15 is 0 Å². The van der Waals surface area contributed by atoms with Gasteiger partial charge < -0.3 is 9.47 Å². The molecule has 1 fully saturated rings. The molecule has 2 heterocycles. The molecule has 1 amide bonds. The number of carbonyl (C=O) groups excluding carboxylic acids is 1. The number of nitrogens with zero attached hydrogens (tertiary/aromatic N) is 3. The van der Waals surface area contributed by atoms with Crippen molar-refractivity contribution in [1.29, 1.82) is 0 Å². The summed E-state index contributed by atoms with van der Waals surface area (Å²) in [5, 5.41) is 0.681. The van der Waals surface area contributed by atoms with E-state index in [1.54, 1.807) is 0 Å². The zero-order chi connectivity index (χ0) is 19.5. The van der Waals surface area contributed by atoms with Crippen LogP contribution in [0.25, 0.3) is 11.0 Å². The SMILES string of the molecule is CCCCCCn1c([C@H]2CC(=O)N(c3ccc(Cl)cc3)C2)nc2ccccc21. The summed E-state index contributed by atoms with van der Waals surface area (Å²) in [5.41, 5.74) is 3.10. The fourth-order valence-corrected chi connectivity index (χ4v) is 4.21. The smallest absolute Gasteiger partial charge is 0.227 e. The quantitative estimate of drug-likeness (QED) is 0.475. The largest absolute Gasteiger partial charge is 0.328 e. The van der Waals surface area contributed by atoms with Crippen LogP contribution in [0.5, 0.6) is 0 Å². The third-order valence-corrected chi connectivity index (χ3v) is 5.80. The number of fused-ring (bicyclic) bond motifs is 1. The van der Waals surface area contributed by atoms with Crippen LogP contribution in [0.15, 0.2) is 48.5 Å². The van der Waals surface area contributed by atoms with E-state index in [2.05, 4.69) is 29.7 Å². The van der Waals surface area contributed by atoms with Gasteiger partial charge in [0.05, 0.1) is 11.0 Å². The molecular formula is C23H26ClN3O. The Morgan fingerprint density at radius 3 is 2.64 bits per heavy atom. The van der Waals surface area contributed by atoms with Gasteiger partial charge in [-0.15, -0.1) is 0 Å². The lowest BCUT2D eigenvalue weighted by Gasteiger charge is -2.17. The molecule has 0 aliphatic carbocycles. The number of hydrogen-bond acceptors (Lipinski definition) is 2. The molecule has 3 aromatic rings. The van der Waals surface area contributed by atoms with Gasteiger partial charge in [-0.3, -0.25) is 4.79 Å². The Morgan fingerprint density at radius 2 is 1.86 bits per heavy atom. The van der Waals surface area contributed by atoms with Crippen LogP contribution in [0.4, 0.5) is 5.69 Å². The van der Waals surface area contributed by atoms with Crippen LogP contribution in [0, 0.1) is 0 Å². The number of hydrogen-bond donors (Lipinski definition) is 0. The third-order valence-electron chi connectivity index (χ3n) is 5.55. The van der Waals surface area contributed by atoms with Crippen molar-refractivity contribution >= 4 is 34.2 Å². The molecule has 0 unspecified atom stereocenters. The highest BCUT2D eigenvalue weighted by atomic mass is 35.5. The molecule has 28 heavy (non-hydrogen) atoms. The second-order valence-corrected chi connectivity index (χ2v) is 7.99. The first kappa shape index (κ1) is 19.0. The molecule has 0 spiro atoms. The van der Waals surface area contributed by atoms with Gasteiger partial charge in [-0.2, -0.15) is 0 Å². The molecule has 5 heteroatoms. The van der Waals surface area contributed by atoms with E-state index in [9.17, 15) is 4.79 Å². The Labute approximate surface area is 171 Å². The fraction of sp³-hybridized carbons (Fsp3) is 0.391. The second kappa shape index (κ2) is 8.36. The topological polar surface area (TPSA) is 38.1 Å². The van der Waals surface area contributed by atoms with Crippen LogP contribution in [-0.2, 0) is 11.3 Å². The molecule has 1 aliphatic heterocycles. The first-order valence-electron chi connectivity index (χ1n) is 10.2. The molecule has 0 radical (unpaired) electrons. The van der Waals surface area contributed by atoms with Gasteiger partial charge in [0.2, 0.25) is 5.91 Å². The van der Waals surface area contributed by atoms with Crippen molar-refractivity contribution < 1.29 is 4.79 Å². The maximum atomic E-state index is 12.7. The number of amides is 1. The highest BCUT2D eigenvalue weighted by Crippen LogP contribution is 2.33. The Bertz CT molecular complexity index is 964. The first-order valence-corrected chi connectivity index (χ1v) is 10.6. The molecule has 4 rings (SSSR count). The Balaban J connectivity index is 1.61. The number of benzene rings is 2. The number of para-hydroxylation sites is 2.